The van der Waals surface area contributed by atoms with Crippen LogP contribution in [0.3, 0.4) is 0 Å². The highest BCUT2D eigenvalue weighted by molar-refractivity contribution is 5.79. The number of carbonyl (C=O) groups is 2. The van der Waals surface area contributed by atoms with Gasteiger partial charge in [-0.05, 0) is 43.4 Å². The monoisotopic (exact) mass is 447 g/mol. The van der Waals surface area contributed by atoms with Gasteiger partial charge in [0.05, 0.1) is 33.4 Å². The zero-order valence-corrected chi connectivity index (χ0v) is 19.8. The summed E-state index contributed by atoms with van der Waals surface area (Å²) in [7, 11) is 3.30. The summed E-state index contributed by atoms with van der Waals surface area (Å²) in [5, 5.41) is 0. The first kappa shape index (κ1) is 24.2. The average Bonchev–Trinajstić information content (AvgIpc) is 3.17. The van der Waals surface area contributed by atoms with Crippen molar-refractivity contribution in [3.05, 3.63) is 23.8 Å². The van der Waals surface area contributed by atoms with Gasteiger partial charge in [0, 0.05) is 38.3 Å². The second-order valence-electron chi connectivity index (χ2n) is 8.94. The standard InChI is InChI=1S/C24H37N3O5/c1-18(2)17-32-24(29)26-11-6-10-25(13-14-26)16-23(28)27-12-5-7-21(27)20-15-19(30-3)8-9-22(20)31-4/h8-9,15,18,21H,5-7,10-14,16-17H2,1-4H3. The van der Waals surface area contributed by atoms with E-state index < -0.39 is 0 Å². The molecule has 2 aliphatic rings. The SMILES string of the molecule is COc1ccc(OC)c(C2CCCN2C(=O)CN2CCCN(C(=O)OCC(C)C)CC2)c1. The van der Waals surface area contributed by atoms with Gasteiger partial charge in [0.25, 0.3) is 0 Å². The van der Waals surface area contributed by atoms with E-state index in [0.717, 1.165) is 49.4 Å². The Hall–Kier alpha value is -2.48. The number of likely N-dealkylation sites (tertiary alicyclic amines) is 1. The van der Waals surface area contributed by atoms with Crippen LogP contribution in [0.1, 0.15) is 44.7 Å². The molecule has 32 heavy (non-hydrogen) atoms. The summed E-state index contributed by atoms with van der Waals surface area (Å²) in [6.07, 6.45) is 2.45. The normalized spacial score (nSPS) is 19.7. The first-order valence-corrected chi connectivity index (χ1v) is 11.6. The van der Waals surface area contributed by atoms with Gasteiger partial charge in [-0.15, -0.1) is 0 Å². The molecule has 8 heteroatoms. The van der Waals surface area contributed by atoms with E-state index in [1.165, 1.54) is 0 Å². The Labute approximate surface area is 191 Å². The Morgan fingerprint density at radius 1 is 1.03 bits per heavy atom. The molecule has 0 bridgehead atoms. The van der Waals surface area contributed by atoms with Gasteiger partial charge in [-0.3, -0.25) is 9.69 Å². The van der Waals surface area contributed by atoms with Gasteiger partial charge in [-0.1, -0.05) is 13.8 Å². The maximum absolute atomic E-state index is 13.3. The summed E-state index contributed by atoms with van der Waals surface area (Å²) in [6.45, 7) is 8.28. The topological polar surface area (TPSA) is 71.6 Å². The Kier molecular flexibility index (Phi) is 8.61. The van der Waals surface area contributed by atoms with Gasteiger partial charge in [-0.25, -0.2) is 4.79 Å². The number of benzene rings is 1. The minimum atomic E-state index is -0.253. The quantitative estimate of drug-likeness (QED) is 0.639. The summed E-state index contributed by atoms with van der Waals surface area (Å²) in [5.74, 6) is 1.97. The average molecular weight is 448 g/mol. The van der Waals surface area contributed by atoms with Crippen molar-refractivity contribution in [1.29, 1.82) is 0 Å². The number of ether oxygens (including phenoxy) is 3. The van der Waals surface area contributed by atoms with Crippen LogP contribution in [0.2, 0.25) is 0 Å². The van der Waals surface area contributed by atoms with Crippen LogP contribution in [0, 0.1) is 5.92 Å². The van der Waals surface area contributed by atoms with E-state index in [0.29, 0.717) is 38.7 Å². The molecule has 2 aliphatic heterocycles. The number of amides is 2. The predicted octanol–water partition coefficient (Wildman–Crippen LogP) is 3.17. The molecule has 178 valence electrons. The number of carbonyl (C=O) groups excluding carboxylic acids is 2. The molecule has 2 amide bonds. The lowest BCUT2D eigenvalue weighted by Gasteiger charge is -2.29. The molecule has 1 aromatic rings. The molecule has 1 atom stereocenters. The highest BCUT2D eigenvalue weighted by atomic mass is 16.6. The lowest BCUT2D eigenvalue weighted by Crippen LogP contribution is -2.42. The van der Waals surface area contributed by atoms with Gasteiger partial charge < -0.3 is 24.0 Å². The van der Waals surface area contributed by atoms with E-state index in [9.17, 15) is 9.59 Å². The van der Waals surface area contributed by atoms with Crippen molar-refractivity contribution in [3.8, 4) is 11.5 Å². The fourth-order valence-corrected chi connectivity index (χ4v) is 4.41. The molecule has 0 N–H and O–H groups in total. The van der Waals surface area contributed by atoms with E-state index in [2.05, 4.69) is 4.90 Å². The smallest absolute Gasteiger partial charge is 0.409 e. The minimum absolute atomic E-state index is 0.0120. The number of hydrogen-bond donors (Lipinski definition) is 0. The van der Waals surface area contributed by atoms with Crippen LogP contribution in [-0.2, 0) is 9.53 Å². The molecule has 2 fully saturated rings. The summed E-state index contributed by atoms with van der Waals surface area (Å²) in [4.78, 5) is 31.4. The van der Waals surface area contributed by atoms with E-state index >= 15 is 0 Å². The summed E-state index contributed by atoms with van der Waals surface area (Å²) >= 11 is 0. The predicted molar refractivity (Wildman–Crippen MR) is 122 cm³/mol. The van der Waals surface area contributed by atoms with Crippen LogP contribution in [0.15, 0.2) is 18.2 Å². The van der Waals surface area contributed by atoms with Crippen molar-refractivity contribution >= 4 is 12.0 Å². The maximum atomic E-state index is 13.3. The minimum Gasteiger partial charge on any atom is -0.497 e. The molecule has 2 saturated heterocycles. The third-order valence-corrected chi connectivity index (χ3v) is 6.11. The molecule has 0 aliphatic carbocycles. The number of hydrogen-bond acceptors (Lipinski definition) is 6. The van der Waals surface area contributed by atoms with Crippen LogP contribution in [0.5, 0.6) is 11.5 Å². The Balaban J connectivity index is 1.60. The van der Waals surface area contributed by atoms with Crippen LogP contribution in [0.4, 0.5) is 4.79 Å². The molecule has 3 rings (SSSR count). The molecular weight excluding hydrogens is 410 g/mol. The fourth-order valence-electron chi connectivity index (χ4n) is 4.41. The summed E-state index contributed by atoms with van der Waals surface area (Å²) in [6, 6.07) is 5.74. The van der Waals surface area contributed by atoms with Gasteiger partial charge >= 0.3 is 6.09 Å². The third-order valence-electron chi connectivity index (χ3n) is 6.11. The Morgan fingerprint density at radius 2 is 1.84 bits per heavy atom. The van der Waals surface area contributed by atoms with E-state index in [-0.39, 0.29) is 18.0 Å². The first-order valence-electron chi connectivity index (χ1n) is 11.6. The van der Waals surface area contributed by atoms with Crippen molar-refractivity contribution in [2.75, 3.05) is 60.1 Å². The lowest BCUT2D eigenvalue weighted by atomic mass is 10.0. The van der Waals surface area contributed by atoms with Crippen LogP contribution in [-0.4, -0.2) is 86.8 Å². The summed E-state index contributed by atoms with van der Waals surface area (Å²) in [5.41, 5.74) is 0.993. The Morgan fingerprint density at radius 3 is 2.56 bits per heavy atom. The molecule has 0 radical (unpaired) electrons. The lowest BCUT2D eigenvalue weighted by molar-refractivity contribution is -0.133. The molecular formula is C24H37N3O5. The van der Waals surface area contributed by atoms with Crippen molar-refractivity contribution in [2.24, 2.45) is 5.92 Å². The molecule has 0 spiro atoms. The van der Waals surface area contributed by atoms with Crippen molar-refractivity contribution in [2.45, 2.75) is 39.2 Å². The maximum Gasteiger partial charge on any atom is 0.409 e. The van der Waals surface area contributed by atoms with Crippen molar-refractivity contribution in [3.63, 3.8) is 0 Å². The van der Waals surface area contributed by atoms with Gasteiger partial charge in [-0.2, -0.15) is 0 Å². The second kappa shape index (κ2) is 11.4. The first-order chi connectivity index (χ1) is 15.4. The third kappa shape index (κ3) is 6.06. The van der Waals surface area contributed by atoms with Gasteiger partial charge in [0.2, 0.25) is 5.91 Å². The highest BCUT2D eigenvalue weighted by Crippen LogP contribution is 2.39. The van der Waals surface area contributed by atoms with Gasteiger partial charge in [0.1, 0.15) is 11.5 Å². The van der Waals surface area contributed by atoms with Crippen LogP contribution >= 0.6 is 0 Å². The van der Waals surface area contributed by atoms with Crippen molar-refractivity contribution < 1.29 is 23.8 Å². The molecule has 8 nitrogen and oxygen atoms in total. The largest absolute Gasteiger partial charge is 0.497 e. The van der Waals surface area contributed by atoms with E-state index in [4.69, 9.17) is 14.2 Å². The van der Waals surface area contributed by atoms with Crippen LogP contribution < -0.4 is 9.47 Å². The molecule has 0 saturated carbocycles. The second-order valence-corrected chi connectivity index (χ2v) is 8.94. The number of methoxy groups -OCH3 is 2. The molecule has 0 aromatic heterocycles. The zero-order valence-electron chi connectivity index (χ0n) is 19.8. The number of nitrogens with zero attached hydrogens (tertiary/aromatic N) is 3. The molecule has 2 heterocycles. The Bertz CT molecular complexity index is 785. The van der Waals surface area contributed by atoms with E-state index in [1.807, 2.05) is 36.9 Å². The van der Waals surface area contributed by atoms with E-state index in [1.54, 1.807) is 19.1 Å². The van der Waals surface area contributed by atoms with Crippen molar-refractivity contribution in [1.82, 2.24) is 14.7 Å². The zero-order chi connectivity index (χ0) is 23.1. The summed E-state index contributed by atoms with van der Waals surface area (Å²) < 4.78 is 16.3. The molecule has 1 unspecified atom stereocenters. The number of rotatable bonds is 7. The van der Waals surface area contributed by atoms with Crippen LogP contribution in [0.25, 0.3) is 0 Å². The highest BCUT2D eigenvalue weighted by Gasteiger charge is 2.33. The molecule has 1 aromatic carbocycles. The van der Waals surface area contributed by atoms with Gasteiger partial charge in [0.15, 0.2) is 0 Å². The fraction of sp³-hybridized carbons (Fsp3) is 0.667.